The van der Waals surface area contributed by atoms with Crippen LogP contribution in [0.1, 0.15) is 46.5 Å². The van der Waals surface area contributed by atoms with Crippen molar-refractivity contribution >= 4 is 17.8 Å². The van der Waals surface area contributed by atoms with Crippen LogP contribution >= 0.6 is 0 Å². The van der Waals surface area contributed by atoms with E-state index in [1.807, 2.05) is 10.8 Å². The zero-order valence-corrected chi connectivity index (χ0v) is 16.3. The second-order valence-electron chi connectivity index (χ2n) is 8.76. The SMILES string of the molecule is C[C@H]1CC(C)(C)C[C@]2(C1)NC(=O)N(CC(=O)NCCCn1ccnc1)C2=O. The molecule has 2 fully saturated rings. The molecule has 1 saturated heterocycles. The zero-order chi connectivity index (χ0) is 19.7. The lowest BCUT2D eigenvalue weighted by atomic mass is 9.64. The third-order valence-corrected chi connectivity index (χ3v) is 5.40. The molecule has 8 heteroatoms. The van der Waals surface area contributed by atoms with Crippen LogP contribution in [0, 0.1) is 11.3 Å². The topological polar surface area (TPSA) is 96.3 Å². The van der Waals surface area contributed by atoms with Gasteiger partial charge < -0.3 is 15.2 Å². The summed E-state index contributed by atoms with van der Waals surface area (Å²) in [4.78, 5) is 42.6. The van der Waals surface area contributed by atoms with Crippen molar-refractivity contribution < 1.29 is 14.4 Å². The van der Waals surface area contributed by atoms with E-state index in [1.165, 1.54) is 0 Å². The van der Waals surface area contributed by atoms with Gasteiger partial charge >= 0.3 is 6.03 Å². The van der Waals surface area contributed by atoms with Gasteiger partial charge in [0.25, 0.3) is 5.91 Å². The third kappa shape index (κ3) is 4.31. The number of imide groups is 1. The van der Waals surface area contributed by atoms with Gasteiger partial charge in [0.2, 0.25) is 5.91 Å². The molecule has 1 aliphatic heterocycles. The maximum atomic E-state index is 13.0. The van der Waals surface area contributed by atoms with E-state index >= 15 is 0 Å². The molecule has 0 aromatic carbocycles. The fraction of sp³-hybridized carbons (Fsp3) is 0.684. The normalized spacial score (nSPS) is 27.1. The summed E-state index contributed by atoms with van der Waals surface area (Å²) in [5.74, 6) is -0.236. The zero-order valence-electron chi connectivity index (χ0n) is 16.3. The Hall–Kier alpha value is -2.38. The number of aryl methyl sites for hydroxylation is 1. The molecule has 148 valence electrons. The molecule has 3 rings (SSSR count). The van der Waals surface area contributed by atoms with Gasteiger partial charge in [-0.05, 0) is 37.0 Å². The summed E-state index contributed by atoms with van der Waals surface area (Å²) in [7, 11) is 0. The number of hydrogen-bond donors (Lipinski definition) is 2. The summed E-state index contributed by atoms with van der Waals surface area (Å²) in [6.07, 6.45) is 8.30. The van der Waals surface area contributed by atoms with E-state index in [0.717, 1.165) is 24.3 Å². The molecular weight excluding hydrogens is 346 g/mol. The lowest BCUT2D eigenvalue weighted by Crippen LogP contribution is -2.54. The molecule has 1 spiro atoms. The van der Waals surface area contributed by atoms with Gasteiger partial charge in [0, 0.05) is 25.5 Å². The van der Waals surface area contributed by atoms with Gasteiger partial charge in [-0.2, -0.15) is 0 Å². The Bertz CT molecular complexity index is 715. The molecule has 1 saturated carbocycles. The van der Waals surface area contributed by atoms with Crippen LogP contribution < -0.4 is 10.6 Å². The smallest absolute Gasteiger partial charge is 0.325 e. The van der Waals surface area contributed by atoms with Gasteiger partial charge in [-0.1, -0.05) is 20.8 Å². The predicted molar refractivity (Wildman–Crippen MR) is 99.6 cm³/mol. The highest BCUT2D eigenvalue weighted by Crippen LogP contribution is 2.46. The molecule has 8 nitrogen and oxygen atoms in total. The van der Waals surface area contributed by atoms with E-state index in [-0.39, 0.29) is 23.8 Å². The molecule has 1 aromatic heterocycles. The number of nitrogens with zero attached hydrogens (tertiary/aromatic N) is 3. The Kier molecular flexibility index (Phi) is 5.26. The average Bonchev–Trinajstić information content (AvgIpc) is 3.13. The minimum absolute atomic E-state index is 0.0216. The molecule has 0 unspecified atom stereocenters. The van der Waals surface area contributed by atoms with Crippen molar-refractivity contribution in [2.75, 3.05) is 13.1 Å². The largest absolute Gasteiger partial charge is 0.354 e. The van der Waals surface area contributed by atoms with Gasteiger partial charge in [-0.3, -0.25) is 14.5 Å². The van der Waals surface area contributed by atoms with Crippen LogP contribution in [0.3, 0.4) is 0 Å². The van der Waals surface area contributed by atoms with Crippen molar-refractivity contribution in [2.24, 2.45) is 11.3 Å². The van der Waals surface area contributed by atoms with Crippen LogP contribution in [0.25, 0.3) is 0 Å². The Morgan fingerprint density at radius 3 is 2.81 bits per heavy atom. The van der Waals surface area contributed by atoms with Crippen molar-refractivity contribution in [1.29, 1.82) is 0 Å². The Balaban J connectivity index is 1.53. The number of carbonyl (C=O) groups is 3. The molecule has 0 radical (unpaired) electrons. The minimum atomic E-state index is -0.861. The van der Waals surface area contributed by atoms with Crippen molar-refractivity contribution in [3.63, 3.8) is 0 Å². The Morgan fingerprint density at radius 1 is 1.37 bits per heavy atom. The Morgan fingerprint density at radius 2 is 2.15 bits per heavy atom. The number of hydrogen-bond acceptors (Lipinski definition) is 4. The van der Waals surface area contributed by atoms with Crippen LogP contribution in [0.4, 0.5) is 4.79 Å². The van der Waals surface area contributed by atoms with Gasteiger partial charge in [0.05, 0.1) is 6.33 Å². The summed E-state index contributed by atoms with van der Waals surface area (Å²) in [5.41, 5.74) is -0.883. The molecule has 2 N–H and O–H groups in total. The van der Waals surface area contributed by atoms with E-state index in [1.54, 1.807) is 12.5 Å². The number of amides is 4. The molecule has 27 heavy (non-hydrogen) atoms. The van der Waals surface area contributed by atoms with Gasteiger partial charge in [0.1, 0.15) is 12.1 Å². The van der Waals surface area contributed by atoms with Crippen LogP contribution in [-0.2, 0) is 16.1 Å². The summed E-state index contributed by atoms with van der Waals surface area (Å²) in [6, 6.07) is -0.460. The maximum absolute atomic E-state index is 13.0. The van der Waals surface area contributed by atoms with Crippen LogP contribution in [0.5, 0.6) is 0 Å². The highest BCUT2D eigenvalue weighted by atomic mass is 16.2. The standard InChI is InChI=1S/C19H29N5O3/c1-14-9-18(2,3)12-19(10-14)16(26)24(17(27)22-19)11-15(25)21-5-4-7-23-8-6-20-13-23/h6,8,13-14H,4-5,7,9-12H2,1-3H3,(H,21,25)(H,22,27)/t14-,19-/m0/s1. The first-order chi connectivity index (χ1) is 12.7. The number of aromatic nitrogens is 2. The fourth-order valence-electron chi connectivity index (χ4n) is 4.76. The average molecular weight is 375 g/mol. The molecule has 1 aliphatic carbocycles. The first-order valence-corrected chi connectivity index (χ1v) is 9.57. The van der Waals surface area contributed by atoms with E-state index in [4.69, 9.17) is 0 Å². The molecular formula is C19H29N5O3. The first kappa shape index (κ1) is 19.4. The highest BCUT2D eigenvalue weighted by molar-refractivity contribution is 6.09. The van der Waals surface area contributed by atoms with Crippen molar-refractivity contribution in [3.8, 4) is 0 Å². The van der Waals surface area contributed by atoms with Gasteiger partial charge in [-0.25, -0.2) is 9.78 Å². The monoisotopic (exact) mass is 375 g/mol. The fourth-order valence-corrected chi connectivity index (χ4v) is 4.76. The van der Waals surface area contributed by atoms with Crippen LogP contribution in [0.15, 0.2) is 18.7 Å². The number of nitrogens with one attached hydrogen (secondary N) is 2. The minimum Gasteiger partial charge on any atom is -0.354 e. The Labute approximate surface area is 159 Å². The first-order valence-electron chi connectivity index (χ1n) is 9.57. The molecule has 2 heterocycles. The molecule has 1 aromatic rings. The van der Waals surface area contributed by atoms with Crippen molar-refractivity contribution in [3.05, 3.63) is 18.7 Å². The molecule has 4 amide bonds. The van der Waals surface area contributed by atoms with Crippen LogP contribution in [-0.4, -0.2) is 50.9 Å². The second kappa shape index (κ2) is 7.32. The maximum Gasteiger partial charge on any atom is 0.325 e. The number of urea groups is 1. The van der Waals surface area contributed by atoms with E-state index < -0.39 is 11.6 Å². The lowest BCUT2D eigenvalue weighted by molar-refractivity contribution is -0.137. The molecule has 2 atom stereocenters. The highest BCUT2D eigenvalue weighted by Gasteiger charge is 2.56. The third-order valence-electron chi connectivity index (χ3n) is 5.40. The molecule has 2 aliphatic rings. The number of carbonyl (C=O) groups excluding carboxylic acids is 3. The van der Waals surface area contributed by atoms with Crippen molar-refractivity contribution in [1.82, 2.24) is 25.1 Å². The summed E-state index contributed by atoms with van der Waals surface area (Å²) in [5, 5.41) is 5.68. The lowest BCUT2D eigenvalue weighted by Gasteiger charge is -2.43. The van der Waals surface area contributed by atoms with E-state index in [2.05, 4.69) is 36.4 Å². The van der Waals surface area contributed by atoms with E-state index in [0.29, 0.717) is 25.3 Å². The summed E-state index contributed by atoms with van der Waals surface area (Å²) < 4.78 is 1.93. The van der Waals surface area contributed by atoms with Gasteiger partial charge in [0.15, 0.2) is 0 Å². The predicted octanol–water partition coefficient (Wildman–Crippen LogP) is 1.53. The summed E-state index contributed by atoms with van der Waals surface area (Å²) >= 11 is 0. The summed E-state index contributed by atoms with van der Waals surface area (Å²) in [6.45, 7) is 7.36. The van der Waals surface area contributed by atoms with E-state index in [9.17, 15) is 14.4 Å². The van der Waals surface area contributed by atoms with Crippen LogP contribution in [0.2, 0.25) is 0 Å². The molecule has 0 bridgehead atoms. The second-order valence-corrected chi connectivity index (χ2v) is 8.76. The number of imidazole rings is 1. The van der Waals surface area contributed by atoms with Crippen molar-refractivity contribution in [2.45, 2.75) is 58.5 Å². The van der Waals surface area contributed by atoms with Gasteiger partial charge in [-0.15, -0.1) is 0 Å². The quantitative estimate of drug-likeness (QED) is 0.582. The number of rotatable bonds is 6.